The second-order valence-corrected chi connectivity index (χ2v) is 7.11. The topological polar surface area (TPSA) is 108 Å². The molecule has 0 aromatic heterocycles. The first kappa shape index (κ1) is 27.2. The average molecular weight is 461 g/mol. The number of carbonyl (C=O) groups excluding carboxylic acids is 2. The van der Waals surface area contributed by atoms with Crippen molar-refractivity contribution in [3.63, 3.8) is 0 Å². The molecular formula is C21H30F3N3O5. The van der Waals surface area contributed by atoms with Crippen molar-refractivity contribution in [1.29, 1.82) is 0 Å². The van der Waals surface area contributed by atoms with Gasteiger partial charge in [-0.3, -0.25) is 4.79 Å². The predicted octanol–water partition coefficient (Wildman–Crippen LogP) is 3.04. The molecule has 0 unspecified atom stereocenters. The van der Waals surface area contributed by atoms with Crippen LogP contribution >= 0.6 is 0 Å². The second-order valence-electron chi connectivity index (χ2n) is 7.11. The smallest absolute Gasteiger partial charge is 0.475 e. The Balaban J connectivity index is 0.000000633. The lowest BCUT2D eigenvalue weighted by molar-refractivity contribution is -0.192. The highest BCUT2D eigenvalue weighted by atomic mass is 19.4. The number of likely N-dealkylation sites (tertiary alicyclic amines) is 1. The molecule has 1 aliphatic heterocycles. The van der Waals surface area contributed by atoms with Gasteiger partial charge in [0, 0.05) is 37.8 Å². The minimum Gasteiger partial charge on any atom is -0.475 e. The summed E-state index contributed by atoms with van der Waals surface area (Å²) >= 11 is 0. The van der Waals surface area contributed by atoms with E-state index in [1.54, 1.807) is 17.0 Å². The summed E-state index contributed by atoms with van der Waals surface area (Å²) in [6.07, 6.45) is -1.51. The first-order valence-corrected chi connectivity index (χ1v) is 10.4. The lowest BCUT2D eigenvalue weighted by atomic mass is 10.1. The van der Waals surface area contributed by atoms with E-state index in [0.717, 1.165) is 45.3 Å². The quantitative estimate of drug-likeness (QED) is 0.514. The minimum absolute atomic E-state index is 0.0490. The van der Waals surface area contributed by atoms with Crippen molar-refractivity contribution in [1.82, 2.24) is 15.5 Å². The van der Waals surface area contributed by atoms with Crippen LogP contribution in [-0.2, 0) is 9.53 Å². The van der Waals surface area contributed by atoms with Gasteiger partial charge in [0.15, 0.2) is 0 Å². The predicted molar refractivity (Wildman–Crippen MR) is 111 cm³/mol. The molecule has 32 heavy (non-hydrogen) atoms. The fourth-order valence-electron chi connectivity index (χ4n) is 2.81. The molecule has 1 aromatic rings. The molecule has 0 aliphatic carbocycles. The molecule has 1 saturated heterocycles. The van der Waals surface area contributed by atoms with E-state index in [2.05, 4.69) is 17.6 Å². The molecule has 1 aliphatic rings. The lowest BCUT2D eigenvalue weighted by Gasteiger charge is -2.31. The summed E-state index contributed by atoms with van der Waals surface area (Å²) in [6, 6.07) is 9.59. The van der Waals surface area contributed by atoms with Crippen LogP contribution < -0.4 is 10.6 Å². The van der Waals surface area contributed by atoms with Crippen molar-refractivity contribution in [2.24, 2.45) is 0 Å². The lowest BCUT2D eigenvalue weighted by Crippen LogP contribution is -2.46. The number of unbranched alkanes of at least 4 members (excludes halogenated alkanes) is 1. The van der Waals surface area contributed by atoms with Crippen LogP contribution in [0.3, 0.4) is 0 Å². The van der Waals surface area contributed by atoms with Crippen LogP contribution in [0.15, 0.2) is 30.3 Å². The molecule has 0 saturated carbocycles. The molecule has 0 spiro atoms. The van der Waals surface area contributed by atoms with Gasteiger partial charge in [-0.25, -0.2) is 9.59 Å². The van der Waals surface area contributed by atoms with E-state index in [4.69, 9.17) is 14.6 Å². The molecule has 180 valence electrons. The summed E-state index contributed by atoms with van der Waals surface area (Å²) < 4.78 is 37.0. The number of carboxylic acids is 1. The second kappa shape index (κ2) is 14.3. The van der Waals surface area contributed by atoms with Crippen LogP contribution in [0.4, 0.5) is 18.0 Å². The monoisotopic (exact) mass is 461 g/mol. The Labute approximate surface area is 185 Å². The SMILES string of the molecule is CCCCOC(=O)N1CCC(NCCNC(=O)c2ccccc2)CC1.O=C(O)C(F)(F)F. The normalized spacial score (nSPS) is 14.2. The van der Waals surface area contributed by atoms with Crippen LogP contribution in [0.5, 0.6) is 0 Å². The third-order valence-electron chi connectivity index (χ3n) is 4.60. The van der Waals surface area contributed by atoms with Crippen molar-refractivity contribution in [3.05, 3.63) is 35.9 Å². The maximum atomic E-state index is 11.9. The first-order valence-electron chi connectivity index (χ1n) is 10.4. The Hall–Kier alpha value is -2.82. The van der Waals surface area contributed by atoms with Gasteiger partial charge >= 0.3 is 18.2 Å². The average Bonchev–Trinajstić information content (AvgIpc) is 2.77. The van der Waals surface area contributed by atoms with Crippen molar-refractivity contribution in [2.75, 3.05) is 32.8 Å². The number of aliphatic carboxylic acids is 1. The maximum absolute atomic E-state index is 11.9. The number of carboxylic acid groups (broad SMARTS) is 1. The molecule has 11 heteroatoms. The number of piperidine rings is 1. The minimum atomic E-state index is -5.08. The summed E-state index contributed by atoms with van der Waals surface area (Å²) in [5.41, 5.74) is 0.678. The number of hydrogen-bond acceptors (Lipinski definition) is 5. The molecule has 0 atom stereocenters. The zero-order valence-corrected chi connectivity index (χ0v) is 18.0. The van der Waals surface area contributed by atoms with E-state index in [9.17, 15) is 22.8 Å². The highest BCUT2D eigenvalue weighted by molar-refractivity contribution is 5.94. The van der Waals surface area contributed by atoms with Gasteiger partial charge in [-0.2, -0.15) is 13.2 Å². The van der Waals surface area contributed by atoms with E-state index in [-0.39, 0.29) is 12.0 Å². The maximum Gasteiger partial charge on any atom is 0.490 e. The number of nitrogens with one attached hydrogen (secondary N) is 2. The summed E-state index contributed by atoms with van der Waals surface area (Å²) in [7, 11) is 0. The highest BCUT2D eigenvalue weighted by Crippen LogP contribution is 2.13. The molecule has 3 N–H and O–H groups in total. The number of amides is 2. The van der Waals surface area contributed by atoms with Crippen LogP contribution in [0.25, 0.3) is 0 Å². The van der Waals surface area contributed by atoms with E-state index in [0.29, 0.717) is 24.8 Å². The number of nitrogens with zero attached hydrogens (tertiary/aromatic N) is 1. The van der Waals surface area contributed by atoms with Gasteiger partial charge < -0.3 is 25.4 Å². The van der Waals surface area contributed by atoms with Crippen molar-refractivity contribution in [2.45, 2.75) is 44.8 Å². The summed E-state index contributed by atoms with van der Waals surface area (Å²) in [5.74, 6) is -2.81. The van der Waals surface area contributed by atoms with E-state index in [1.807, 2.05) is 18.2 Å². The summed E-state index contributed by atoms with van der Waals surface area (Å²) in [5, 5.41) is 13.5. The Morgan fingerprint density at radius 3 is 2.25 bits per heavy atom. The van der Waals surface area contributed by atoms with Gasteiger partial charge in [-0.1, -0.05) is 31.5 Å². The van der Waals surface area contributed by atoms with Crippen LogP contribution in [0.1, 0.15) is 43.0 Å². The molecular weight excluding hydrogens is 431 g/mol. The van der Waals surface area contributed by atoms with Gasteiger partial charge in [0.25, 0.3) is 5.91 Å². The number of halogens is 3. The molecule has 0 radical (unpaired) electrons. The van der Waals surface area contributed by atoms with Crippen molar-refractivity contribution < 1.29 is 37.4 Å². The number of hydrogen-bond donors (Lipinski definition) is 3. The molecule has 8 nitrogen and oxygen atoms in total. The van der Waals surface area contributed by atoms with Crippen molar-refractivity contribution in [3.8, 4) is 0 Å². The Kier molecular flexibility index (Phi) is 12.1. The molecule has 1 fully saturated rings. The van der Waals surface area contributed by atoms with Gasteiger partial charge in [0.05, 0.1) is 6.61 Å². The molecule has 2 rings (SSSR count). The molecule has 1 aromatic carbocycles. The van der Waals surface area contributed by atoms with E-state index >= 15 is 0 Å². The van der Waals surface area contributed by atoms with Crippen LogP contribution in [0, 0.1) is 0 Å². The Morgan fingerprint density at radius 2 is 1.72 bits per heavy atom. The number of benzene rings is 1. The fourth-order valence-corrected chi connectivity index (χ4v) is 2.81. The van der Waals surface area contributed by atoms with Gasteiger partial charge in [-0.15, -0.1) is 0 Å². The first-order chi connectivity index (χ1) is 15.1. The number of rotatable bonds is 8. The van der Waals surface area contributed by atoms with Crippen molar-refractivity contribution >= 4 is 18.0 Å². The van der Waals surface area contributed by atoms with Crippen LogP contribution in [0.2, 0.25) is 0 Å². The zero-order chi connectivity index (χ0) is 24.0. The largest absolute Gasteiger partial charge is 0.490 e. The molecule has 2 amide bonds. The highest BCUT2D eigenvalue weighted by Gasteiger charge is 2.38. The third-order valence-corrected chi connectivity index (χ3v) is 4.60. The number of alkyl halides is 3. The van der Waals surface area contributed by atoms with E-state index in [1.165, 1.54) is 0 Å². The summed E-state index contributed by atoms with van der Waals surface area (Å²) in [4.78, 5) is 34.5. The Bertz CT molecular complexity index is 708. The number of carbonyl (C=O) groups is 3. The summed E-state index contributed by atoms with van der Waals surface area (Å²) in [6.45, 7) is 5.34. The van der Waals surface area contributed by atoms with Gasteiger partial charge in [-0.05, 0) is 31.4 Å². The molecule has 1 heterocycles. The Morgan fingerprint density at radius 1 is 1.12 bits per heavy atom. The standard InChI is InChI=1S/C19H29N3O3.C2HF3O2/c1-2-3-15-25-19(24)22-13-9-17(10-14-22)20-11-12-21-18(23)16-7-5-4-6-8-16;3-2(4,5)1(6)7/h4-8,17,20H,2-3,9-15H2,1H3,(H,21,23);(H,6,7). The fraction of sp³-hybridized carbons (Fsp3) is 0.571. The number of ether oxygens (including phenoxy) is 1. The molecule has 0 bridgehead atoms. The van der Waals surface area contributed by atoms with Crippen LogP contribution in [-0.4, -0.2) is 73.0 Å². The van der Waals surface area contributed by atoms with E-state index < -0.39 is 12.1 Å². The van der Waals surface area contributed by atoms with Gasteiger partial charge in [0.1, 0.15) is 0 Å². The zero-order valence-electron chi connectivity index (χ0n) is 18.0. The van der Waals surface area contributed by atoms with Gasteiger partial charge in [0.2, 0.25) is 0 Å². The third kappa shape index (κ3) is 11.0.